The van der Waals surface area contributed by atoms with Crippen LogP contribution in [0, 0.1) is 0 Å². The maximum atomic E-state index is 12.9. The van der Waals surface area contributed by atoms with E-state index in [0.29, 0.717) is 18.7 Å². The maximum absolute atomic E-state index is 12.9. The molecule has 0 bridgehead atoms. The fourth-order valence-electron chi connectivity index (χ4n) is 4.05. The van der Waals surface area contributed by atoms with Crippen molar-refractivity contribution in [2.24, 2.45) is 5.10 Å². The summed E-state index contributed by atoms with van der Waals surface area (Å²) >= 11 is 0. The van der Waals surface area contributed by atoms with E-state index in [1.54, 1.807) is 17.4 Å². The Bertz CT molecular complexity index is 858. The molecule has 2 aliphatic heterocycles. The highest BCUT2D eigenvalue weighted by atomic mass is 16.3. The molecule has 0 aromatic heterocycles. The molecule has 4 N–H and O–H groups in total. The first kappa shape index (κ1) is 23.8. The van der Waals surface area contributed by atoms with Gasteiger partial charge in [0.1, 0.15) is 11.9 Å². The second-order valence-corrected chi connectivity index (χ2v) is 8.20. The van der Waals surface area contributed by atoms with Gasteiger partial charge in [0.15, 0.2) is 0 Å². The first-order valence-electron chi connectivity index (χ1n) is 10.9. The zero-order valence-corrected chi connectivity index (χ0v) is 18.8. The average Bonchev–Trinajstić information content (AvgIpc) is 3.23. The van der Waals surface area contributed by atoms with Gasteiger partial charge in [-0.1, -0.05) is 30.8 Å². The Kier molecular flexibility index (Phi) is 8.26. The van der Waals surface area contributed by atoms with E-state index >= 15 is 0 Å². The fourth-order valence-corrected chi connectivity index (χ4v) is 4.05. The van der Waals surface area contributed by atoms with Gasteiger partial charge in [0.25, 0.3) is 5.91 Å². The van der Waals surface area contributed by atoms with Gasteiger partial charge in [0, 0.05) is 59.1 Å². The number of benzene rings is 1. The lowest BCUT2D eigenvalue weighted by molar-refractivity contribution is -0.120. The van der Waals surface area contributed by atoms with Gasteiger partial charge in [-0.2, -0.15) is 5.10 Å². The maximum Gasteiger partial charge on any atom is 0.269 e. The fraction of sp³-hybridized carbons (Fsp3) is 0.478. The molecule has 3 atom stereocenters. The number of nitrogens with one attached hydrogen (secondary N) is 2. The van der Waals surface area contributed by atoms with Gasteiger partial charge in [0.05, 0.1) is 12.2 Å². The summed E-state index contributed by atoms with van der Waals surface area (Å²) in [6, 6.07) is 8.28. The molecular weight excluding hydrogens is 408 g/mol. The zero-order chi connectivity index (χ0) is 23.1. The van der Waals surface area contributed by atoms with Crippen LogP contribution in [0.5, 0.6) is 0 Å². The third kappa shape index (κ3) is 5.87. The number of amides is 1. The van der Waals surface area contributed by atoms with Crippen molar-refractivity contribution in [2.75, 3.05) is 33.7 Å². The summed E-state index contributed by atoms with van der Waals surface area (Å²) in [5.74, 6) is -0.361. The van der Waals surface area contributed by atoms with Crippen LogP contribution in [0.1, 0.15) is 17.5 Å². The van der Waals surface area contributed by atoms with E-state index in [4.69, 9.17) is 0 Å². The first-order valence-corrected chi connectivity index (χ1v) is 10.9. The predicted octanol–water partition coefficient (Wildman–Crippen LogP) is 0.0364. The van der Waals surface area contributed by atoms with Crippen LogP contribution in [0.4, 0.5) is 0 Å². The quantitative estimate of drug-likeness (QED) is 0.379. The van der Waals surface area contributed by atoms with E-state index in [2.05, 4.69) is 39.3 Å². The molecule has 0 fully saturated rings. The van der Waals surface area contributed by atoms with Crippen molar-refractivity contribution >= 4 is 12.1 Å². The Labute approximate surface area is 189 Å². The molecule has 0 spiro atoms. The Morgan fingerprint density at radius 2 is 2.09 bits per heavy atom. The number of aliphatic hydroxyl groups is 2. The van der Waals surface area contributed by atoms with Crippen molar-refractivity contribution in [1.29, 1.82) is 0 Å². The Morgan fingerprint density at radius 1 is 1.34 bits per heavy atom. The molecule has 1 aromatic carbocycles. The van der Waals surface area contributed by atoms with Gasteiger partial charge in [-0.05, 0) is 23.7 Å². The summed E-state index contributed by atoms with van der Waals surface area (Å²) < 4.78 is 0. The highest BCUT2D eigenvalue weighted by Crippen LogP contribution is 2.19. The molecule has 9 heteroatoms. The highest BCUT2D eigenvalue weighted by Gasteiger charge is 2.28. The molecule has 174 valence electrons. The first-order chi connectivity index (χ1) is 15.4. The van der Waals surface area contributed by atoms with Gasteiger partial charge in [-0.15, -0.1) is 0 Å². The summed E-state index contributed by atoms with van der Waals surface area (Å²) in [5.41, 5.74) is 2.96. The number of carbonyl (C=O) groups is 1. The molecule has 3 rings (SSSR count). The highest BCUT2D eigenvalue weighted by molar-refractivity contribution is 5.92. The van der Waals surface area contributed by atoms with Crippen LogP contribution in [0.2, 0.25) is 0 Å². The van der Waals surface area contributed by atoms with Crippen LogP contribution in [-0.2, 0) is 17.8 Å². The number of aliphatic hydroxyl groups excluding tert-OH is 2. The Balaban J connectivity index is 1.52. The van der Waals surface area contributed by atoms with Gasteiger partial charge >= 0.3 is 0 Å². The second-order valence-electron chi connectivity index (χ2n) is 8.20. The Morgan fingerprint density at radius 3 is 2.78 bits per heavy atom. The van der Waals surface area contributed by atoms with Gasteiger partial charge < -0.3 is 25.7 Å². The van der Waals surface area contributed by atoms with Crippen LogP contribution < -0.4 is 10.6 Å². The SMILES string of the molecule is C=CN/C=C(/C(=O)NC[C@H](O)[C@@H](O)CN1CCc2ccccc2C1)N(C)C1CC=NN1C. The number of fused-ring (bicyclic) bond motifs is 1. The topological polar surface area (TPSA) is 104 Å². The number of hydrazone groups is 1. The van der Waals surface area contributed by atoms with E-state index < -0.39 is 12.2 Å². The number of likely N-dealkylation sites (N-methyl/N-ethyl adjacent to an activating group) is 1. The zero-order valence-electron chi connectivity index (χ0n) is 18.8. The molecule has 1 unspecified atom stereocenters. The molecule has 1 amide bonds. The predicted molar refractivity (Wildman–Crippen MR) is 124 cm³/mol. The van der Waals surface area contributed by atoms with Gasteiger partial charge in [-0.3, -0.25) is 14.7 Å². The van der Waals surface area contributed by atoms with E-state index in [1.165, 1.54) is 17.3 Å². The lowest BCUT2D eigenvalue weighted by Crippen LogP contribution is -2.48. The van der Waals surface area contributed by atoms with Crippen molar-refractivity contribution in [3.05, 3.63) is 60.1 Å². The molecular formula is C23H34N6O3. The Hall–Kier alpha value is -2.88. The third-order valence-electron chi connectivity index (χ3n) is 5.98. The lowest BCUT2D eigenvalue weighted by atomic mass is 9.99. The second kappa shape index (κ2) is 11.1. The molecule has 2 aliphatic rings. The summed E-state index contributed by atoms with van der Waals surface area (Å²) in [7, 11) is 3.66. The number of nitrogens with zero attached hydrogens (tertiary/aromatic N) is 4. The lowest BCUT2D eigenvalue weighted by Gasteiger charge is -2.33. The molecule has 0 aliphatic carbocycles. The summed E-state index contributed by atoms with van der Waals surface area (Å²) in [5, 5.41) is 32.5. The molecule has 0 saturated carbocycles. The summed E-state index contributed by atoms with van der Waals surface area (Å²) in [4.78, 5) is 16.8. The van der Waals surface area contributed by atoms with Crippen LogP contribution in [-0.4, -0.2) is 89.2 Å². The van der Waals surface area contributed by atoms with Crippen LogP contribution in [0.3, 0.4) is 0 Å². The van der Waals surface area contributed by atoms with Crippen LogP contribution in [0.25, 0.3) is 0 Å². The van der Waals surface area contributed by atoms with E-state index in [9.17, 15) is 15.0 Å². The minimum atomic E-state index is -1.08. The average molecular weight is 443 g/mol. The van der Waals surface area contributed by atoms with Crippen molar-refractivity contribution in [1.82, 2.24) is 25.4 Å². The largest absolute Gasteiger partial charge is 0.389 e. The summed E-state index contributed by atoms with van der Waals surface area (Å²) in [6.07, 6.45) is 4.32. The summed E-state index contributed by atoms with van der Waals surface area (Å²) in [6.45, 7) is 5.47. The number of hydrogen-bond acceptors (Lipinski definition) is 8. The number of rotatable bonds is 10. The molecule has 1 aromatic rings. The van der Waals surface area contributed by atoms with E-state index in [1.807, 2.05) is 31.1 Å². The van der Waals surface area contributed by atoms with Crippen molar-refractivity contribution in [3.63, 3.8) is 0 Å². The molecule has 9 nitrogen and oxygen atoms in total. The van der Waals surface area contributed by atoms with E-state index in [0.717, 1.165) is 19.5 Å². The molecule has 2 heterocycles. The van der Waals surface area contributed by atoms with Crippen molar-refractivity contribution in [3.8, 4) is 0 Å². The molecule has 0 saturated heterocycles. The van der Waals surface area contributed by atoms with Crippen LogP contribution >= 0.6 is 0 Å². The third-order valence-corrected chi connectivity index (χ3v) is 5.98. The number of hydrogen-bond donors (Lipinski definition) is 4. The van der Waals surface area contributed by atoms with Gasteiger partial charge in [-0.25, -0.2) is 0 Å². The minimum Gasteiger partial charge on any atom is -0.389 e. The van der Waals surface area contributed by atoms with Crippen molar-refractivity contribution < 1.29 is 15.0 Å². The van der Waals surface area contributed by atoms with Crippen LogP contribution in [0.15, 0.2) is 54.0 Å². The van der Waals surface area contributed by atoms with Gasteiger partial charge in [0.2, 0.25) is 0 Å². The molecule has 32 heavy (non-hydrogen) atoms. The van der Waals surface area contributed by atoms with Crippen molar-refractivity contribution in [2.45, 2.75) is 37.8 Å². The standard InChI is InChI=1S/C23H34N6O3/c1-4-24-13-19(27(2)22-9-11-26-28(22)3)23(32)25-14-20(30)21(31)16-29-12-10-17-7-5-6-8-18(17)15-29/h4-8,11,13,20-22,24,30-31H,1,9-10,12,14-16H2,2-3H3,(H,25,32)/b19-13-/t20-,21-,22?/m0/s1. The smallest absolute Gasteiger partial charge is 0.269 e. The number of carbonyl (C=O) groups excluding carboxylic acids is 1. The normalized spacial score (nSPS) is 20.4. The monoisotopic (exact) mass is 442 g/mol. The minimum absolute atomic E-state index is 0.0549. The molecule has 0 radical (unpaired) electrons. The van der Waals surface area contributed by atoms with E-state index in [-0.39, 0.29) is 18.6 Å². The number of β-amino-alcohol motifs (C(OH)–C–C–N with tert-alkyl or cyclic N) is 1.